The minimum atomic E-state index is -0.165. The van der Waals surface area contributed by atoms with E-state index in [0.29, 0.717) is 6.54 Å². The Balaban J connectivity index is 0.00000220. The van der Waals surface area contributed by atoms with Crippen LogP contribution in [0.2, 0.25) is 0 Å². The molecule has 1 N–H and O–H groups in total. The van der Waals surface area contributed by atoms with Gasteiger partial charge in [-0.2, -0.15) is 0 Å². The van der Waals surface area contributed by atoms with Crippen LogP contribution in [0.25, 0.3) is 11.0 Å². The number of imidazole rings is 1. The standard InChI is InChI=1S/C14H20N4O2.ClH/c1-15-8-9-16(2)13(19)10-18-12-7-5-4-6-11(12)17(3)14(18)20;/h4-7,15H,8-10H2,1-3H3;1H. The fourth-order valence-corrected chi connectivity index (χ4v) is 2.18. The van der Waals surface area contributed by atoms with Crippen molar-refractivity contribution in [3.05, 3.63) is 34.7 Å². The van der Waals surface area contributed by atoms with Crippen LogP contribution in [0.5, 0.6) is 0 Å². The predicted molar refractivity (Wildman–Crippen MR) is 86.0 cm³/mol. The van der Waals surface area contributed by atoms with Gasteiger partial charge in [-0.15, -0.1) is 12.4 Å². The summed E-state index contributed by atoms with van der Waals surface area (Å²) in [5.74, 6) is -0.0706. The number of hydrogen-bond acceptors (Lipinski definition) is 3. The number of para-hydroxylation sites is 2. The molecule has 0 aliphatic rings. The van der Waals surface area contributed by atoms with E-state index in [4.69, 9.17) is 0 Å². The third-order valence-corrected chi connectivity index (χ3v) is 3.47. The average molecular weight is 313 g/mol. The molecular weight excluding hydrogens is 292 g/mol. The highest BCUT2D eigenvalue weighted by atomic mass is 35.5. The van der Waals surface area contributed by atoms with Gasteiger partial charge in [0.2, 0.25) is 5.91 Å². The van der Waals surface area contributed by atoms with Crippen molar-refractivity contribution < 1.29 is 4.79 Å². The summed E-state index contributed by atoms with van der Waals surface area (Å²) < 4.78 is 3.09. The van der Waals surface area contributed by atoms with Crippen LogP contribution >= 0.6 is 12.4 Å². The molecule has 2 aromatic rings. The summed E-state index contributed by atoms with van der Waals surface area (Å²) in [5, 5.41) is 3.00. The Morgan fingerprint density at radius 2 is 1.90 bits per heavy atom. The number of nitrogens with one attached hydrogen (secondary N) is 1. The second kappa shape index (κ2) is 7.28. The summed E-state index contributed by atoms with van der Waals surface area (Å²) in [7, 11) is 5.31. The predicted octanol–water partition coefficient (Wildman–Crippen LogP) is 0.440. The molecule has 1 heterocycles. The number of rotatable bonds is 5. The van der Waals surface area contributed by atoms with Crippen molar-refractivity contribution in [2.24, 2.45) is 7.05 Å². The summed E-state index contributed by atoms with van der Waals surface area (Å²) in [4.78, 5) is 26.0. The number of likely N-dealkylation sites (N-methyl/N-ethyl adjacent to an activating group) is 2. The molecule has 1 aromatic carbocycles. The molecule has 7 heteroatoms. The van der Waals surface area contributed by atoms with Crippen LogP contribution in [0.3, 0.4) is 0 Å². The summed E-state index contributed by atoms with van der Waals surface area (Å²) >= 11 is 0. The van der Waals surface area contributed by atoms with Gasteiger partial charge in [0.15, 0.2) is 0 Å². The molecule has 0 unspecified atom stereocenters. The van der Waals surface area contributed by atoms with Crippen LogP contribution in [-0.2, 0) is 18.4 Å². The maximum absolute atomic E-state index is 12.2. The van der Waals surface area contributed by atoms with E-state index in [0.717, 1.165) is 17.6 Å². The number of fused-ring (bicyclic) bond motifs is 1. The number of carbonyl (C=O) groups is 1. The normalized spacial score (nSPS) is 10.4. The maximum atomic E-state index is 12.2. The topological polar surface area (TPSA) is 59.3 Å². The Hall–Kier alpha value is -1.79. The third-order valence-electron chi connectivity index (χ3n) is 3.47. The van der Waals surface area contributed by atoms with Crippen LogP contribution in [-0.4, -0.2) is 47.1 Å². The van der Waals surface area contributed by atoms with Crippen LogP contribution in [0.15, 0.2) is 29.1 Å². The number of aryl methyl sites for hydroxylation is 1. The monoisotopic (exact) mass is 312 g/mol. The zero-order chi connectivity index (χ0) is 14.7. The maximum Gasteiger partial charge on any atom is 0.329 e. The average Bonchev–Trinajstić information content (AvgIpc) is 2.70. The number of hydrogen-bond donors (Lipinski definition) is 1. The SMILES string of the molecule is CNCCN(C)C(=O)Cn1c(=O)n(C)c2ccccc21.Cl. The molecule has 1 aromatic heterocycles. The number of benzene rings is 1. The van der Waals surface area contributed by atoms with Gasteiger partial charge in [0.25, 0.3) is 0 Å². The Labute approximate surface area is 129 Å². The molecule has 21 heavy (non-hydrogen) atoms. The number of amides is 1. The highest BCUT2D eigenvalue weighted by Crippen LogP contribution is 2.11. The van der Waals surface area contributed by atoms with E-state index in [1.54, 1.807) is 23.6 Å². The first kappa shape index (κ1) is 17.3. The van der Waals surface area contributed by atoms with Crippen molar-refractivity contribution in [2.75, 3.05) is 27.2 Å². The number of aromatic nitrogens is 2. The minimum absolute atomic E-state index is 0. The Morgan fingerprint density at radius 3 is 2.52 bits per heavy atom. The Kier molecular flexibility index (Phi) is 5.99. The van der Waals surface area contributed by atoms with Crippen molar-refractivity contribution in [2.45, 2.75) is 6.54 Å². The van der Waals surface area contributed by atoms with Gasteiger partial charge in [-0.1, -0.05) is 12.1 Å². The number of nitrogens with zero attached hydrogens (tertiary/aromatic N) is 3. The molecule has 6 nitrogen and oxygen atoms in total. The lowest BCUT2D eigenvalue weighted by Crippen LogP contribution is -2.37. The molecule has 2 rings (SSSR count). The molecule has 0 fully saturated rings. The highest BCUT2D eigenvalue weighted by Gasteiger charge is 2.15. The zero-order valence-electron chi connectivity index (χ0n) is 12.5. The van der Waals surface area contributed by atoms with Crippen molar-refractivity contribution in [3.63, 3.8) is 0 Å². The first-order valence-electron chi connectivity index (χ1n) is 6.59. The second-order valence-electron chi connectivity index (χ2n) is 4.84. The van der Waals surface area contributed by atoms with E-state index in [-0.39, 0.29) is 30.5 Å². The van der Waals surface area contributed by atoms with Crippen LogP contribution in [0.1, 0.15) is 0 Å². The fourth-order valence-electron chi connectivity index (χ4n) is 2.18. The lowest BCUT2D eigenvalue weighted by molar-refractivity contribution is -0.130. The summed E-state index contributed by atoms with van der Waals surface area (Å²) in [6.45, 7) is 1.42. The van der Waals surface area contributed by atoms with Gasteiger partial charge < -0.3 is 10.2 Å². The van der Waals surface area contributed by atoms with Gasteiger partial charge in [-0.25, -0.2) is 4.79 Å². The summed E-state index contributed by atoms with van der Waals surface area (Å²) in [5.41, 5.74) is 1.46. The zero-order valence-corrected chi connectivity index (χ0v) is 13.3. The van der Waals surface area contributed by atoms with E-state index >= 15 is 0 Å². The molecule has 0 saturated heterocycles. The van der Waals surface area contributed by atoms with E-state index in [1.165, 1.54) is 4.57 Å². The molecule has 0 atom stereocenters. The fraction of sp³-hybridized carbons (Fsp3) is 0.429. The van der Waals surface area contributed by atoms with Crippen LogP contribution in [0, 0.1) is 0 Å². The van der Waals surface area contributed by atoms with Crippen molar-refractivity contribution in [3.8, 4) is 0 Å². The van der Waals surface area contributed by atoms with Crippen molar-refractivity contribution in [1.82, 2.24) is 19.4 Å². The lowest BCUT2D eigenvalue weighted by Gasteiger charge is -2.17. The Morgan fingerprint density at radius 1 is 1.29 bits per heavy atom. The molecule has 116 valence electrons. The Bertz CT molecular complexity index is 677. The lowest BCUT2D eigenvalue weighted by atomic mass is 10.3. The van der Waals surface area contributed by atoms with Gasteiger partial charge in [-0.3, -0.25) is 13.9 Å². The first-order valence-corrected chi connectivity index (χ1v) is 6.59. The minimum Gasteiger partial charge on any atom is -0.343 e. The number of carbonyl (C=O) groups excluding carboxylic acids is 1. The molecule has 1 amide bonds. The van der Waals surface area contributed by atoms with Gasteiger partial charge >= 0.3 is 5.69 Å². The van der Waals surface area contributed by atoms with Gasteiger partial charge in [0.05, 0.1) is 11.0 Å². The summed E-state index contributed by atoms with van der Waals surface area (Å²) in [6, 6.07) is 7.49. The highest BCUT2D eigenvalue weighted by molar-refractivity contribution is 5.85. The molecule has 0 radical (unpaired) electrons. The molecule has 0 saturated carbocycles. The van der Waals surface area contributed by atoms with Crippen LogP contribution in [0.4, 0.5) is 0 Å². The van der Waals surface area contributed by atoms with Gasteiger partial charge in [0.1, 0.15) is 6.54 Å². The number of halogens is 1. The first-order chi connectivity index (χ1) is 9.56. The largest absolute Gasteiger partial charge is 0.343 e. The molecule has 0 spiro atoms. The van der Waals surface area contributed by atoms with Crippen LogP contribution < -0.4 is 11.0 Å². The third kappa shape index (κ3) is 3.46. The van der Waals surface area contributed by atoms with E-state index in [9.17, 15) is 9.59 Å². The second-order valence-corrected chi connectivity index (χ2v) is 4.84. The molecule has 0 aliphatic heterocycles. The molecule has 0 bridgehead atoms. The van der Waals surface area contributed by atoms with Gasteiger partial charge in [-0.05, 0) is 19.2 Å². The quantitative estimate of drug-likeness (QED) is 0.871. The van der Waals surface area contributed by atoms with E-state index in [1.807, 2.05) is 31.3 Å². The smallest absolute Gasteiger partial charge is 0.329 e. The summed E-state index contributed by atoms with van der Waals surface area (Å²) in [6.07, 6.45) is 0. The van der Waals surface area contributed by atoms with E-state index in [2.05, 4.69) is 5.32 Å². The molecular formula is C14H21ClN4O2. The van der Waals surface area contributed by atoms with Crippen molar-refractivity contribution in [1.29, 1.82) is 0 Å². The molecule has 0 aliphatic carbocycles. The van der Waals surface area contributed by atoms with Gasteiger partial charge in [0, 0.05) is 27.2 Å². The van der Waals surface area contributed by atoms with E-state index < -0.39 is 0 Å². The van der Waals surface area contributed by atoms with Crippen molar-refractivity contribution >= 4 is 29.3 Å².